The molecule has 8 heteroatoms. The lowest BCUT2D eigenvalue weighted by molar-refractivity contribution is -0.124. The lowest BCUT2D eigenvalue weighted by Gasteiger charge is -2.29. The minimum absolute atomic E-state index is 0.0300. The summed E-state index contributed by atoms with van der Waals surface area (Å²) in [5.41, 5.74) is 0.862. The number of aromatic nitrogens is 2. The fraction of sp³-hybridized carbons (Fsp3) is 0.522. The number of fused-ring (bicyclic) bond motifs is 1. The van der Waals surface area contributed by atoms with E-state index in [1.54, 1.807) is 19.5 Å². The van der Waals surface area contributed by atoms with Crippen LogP contribution in [0.25, 0.3) is 0 Å². The van der Waals surface area contributed by atoms with Crippen molar-refractivity contribution in [2.24, 2.45) is 0 Å². The Morgan fingerprint density at radius 1 is 1.16 bits per heavy atom. The van der Waals surface area contributed by atoms with Crippen LogP contribution in [0.5, 0.6) is 23.3 Å². The van der Waals surface area contributed by atoms with Crippen LogP contribution in [0.3, 0.4) is 0 Å². The molecule has 1 fully saturated rings. The van der Waals surface area contributed by atoms with E-state index in [4.69, 9.17) is 18.9 Å². The summed E-state index contributed by atoms with van der Waals surface area (Å²) in [4.78, 5) is 20.7. The number of rotatable bonds is 7. The highest BCUT2D eigenvalue weighted by Gasteiger charge is 2.32. The monoisotopic (exact) mass is 427 g/mol. The molecular weight excluding hydrogens is 398 g/mol. The van der Waals surface area contributed by atoms with Gasteiger partial charge >= 0.3 is 0 Å². The Bertz CT molecular complexity index is 925. The Morgan fingerprint density at radius 2 is 1.90 bits per heavy atom. The van der Waals surface area contributed by atoms with Gasteiger partial charge in [-0.15, -0.1) is 0 Å². The van der Waals surface area contributed by atoms with Crippen LogP contribution < -0.4 is 24.3 Å². The van der Waals surface area contributed by atoms with Crippen molar-refractivity contribution in [1.29, 1.82) is 0 Å². The molecule has 1 amide bonds. The van der Waals surface area contributed by atoms with E-state index < -0.39 is 0 Å². The van der Waals surface area contributed by atoms with Crippen LogP contribution in [-0.4, -0.2) is 47.3 Å². The molecule has 2 heterocycles. The lowest BCUT2D eigenvalue weighted by Crippen LogP contribution is -2.41. The smallest absolute Gasteiger partial charge is 0.278 e. The Balaban J connectivity index is 1.23. The average molecular weight is 428 g/mol. The summed E-state index contributed by atoms with van der Waals surface area (Å²) in [6, 6.07) is 5.92. The van der Waals surface area contributed by atoms with Gasteiger partial charge in [0.15, 0.2) is 18.1 Å². The number of hydrogen-bond acceptors (Lipinski definition) is 7. The van der Waals surface area contributed by atoms with Gasteiger partial charge in [0.25, 0.3) is 17.7 Å². The molecule has 1 aromatic carbocycles. The Labute approximate surface area is 182 Å². The molecule has 2 aliphatic rings. The van der Waals surface area contributed by atoms with E-state index >= 15 is 0 Å². The van der Waals surface area contributed by atoms with Crippen molar-refractivity contribution >= 4 is 5.91 Å². The molecule has 1 saturated carbocycles. The van der Waals surface area contributed by atoms with Crippen molar-refractivity contribution in [2.75, 3.05) is 13.7 Å². The predicted molar refractivity (Wildman–Crippen MR) is 114 cm³/mol. The minimum Gasteiger partial charge on any atom is -0.483 e. The summed E-state index contributed by atoms with van der Waals surface area (Å²) < 4.78 is 22.9. The Hall–Kier alpha value is -3.03. The first-order chi connectivity index (χ1) is 14.9. The van der Waals surface area contributed by atoms with Crippen molar-refractivity contribution in [3.63, 3.8) is 0 Å². The van der Waals surface area contributed by atoms with Crippen molar-refractivity contribution in [3.8, 4) is 23.3 Å². The molecule has 1 aliphatic heterocycles. The van der Waals surface area contributed by atoms with Crippen molar-refractivity contribution in [2.45, 2.75) is 63.7 Å². The third-order valence-corrected chi connectivity index (χ3v) is 5.56. The van der Waals surface area contributed by atoms with Crippen molar-refractivity contribution in [1.82, 2.24) is 15.3 Å². The summed E-state index contributed by atoms with van der Waals surface area (Å²) in [6.07, 6.45) is 7.31. The molecule has 2 aromatic rings. The van der Waals surface area contributed by atoms with Gasteiger partial charge in [-0.1, -0.05) is 12.1 Å². The number of nitrogens with zero attached hydrogens (tertiary/aromatic N) is 2. The van der Waals surface area contributed by atoms with E-state index in [2.05, 4.69) is 15.3 Å². The molecule has 4 rings (SSSR count). The average Bonchev–Trinajstić information content (AvgIpc) is 3.08. The van der Waals surface area contributed by atoms with E-state index in [1.165, 1.54) is 0 Å². The van der Waals surface area contributed by atoms with Gasteiger partial charge in [-0.2, -0.15) is 0 Å². The van der Waals surface area contributed by atoms with Gasteiger partial charge in [0.2, 0.25) is 0 Å². The van der Waals surface area contributed by atoms with Crippen LogP contribution in [0.1, 0.15) is 45.1 Å². The number of amides is 1. The highest BCUT2D eigenvalue weighted by Crippen LogP contribution is 2.41. The van der Waals surface area contributed by atoms with E-state index in [1.807, 2.05) is 32.0 Å². The van der Waals surface area contributed by atoms with Crippen LogP contribution in [0.2, 0.25) is 0 Å². The normalized spacial score (nSPS) is 21.5. The second kappa shape index (κ2) is 8.99. The molecule has 166 valence electrons. The molecule has 0 radical (unpaired) electrons. The highest BCUT2D eigenvalue weighted by atomic mass is 16.5. The molecule has 31 heavy (non-hydrogen) atoms. The maximum Gasteiger partial charge on any atom is 0.278 e. The first-order valence-corrected chi connectivity index (χ1v) is 10.7. The van der Waals surface area contributed by atoms with Crippen LogP contribution >= 0.6 is 0 Å². The molecular formula is C23H29N3O5. The number of ether oxygens (including phenoxy) is 4. The molecule has 1 aliphatic carbocycles. The maximum atomic E-state index is 12.4. The topological polar surface area (TPSA) is 91.8 Å². The van der Waals surface area contributed by atoms with Gasteiger partial charge < -0.3 is 24.3 Å². The van der Waals surface area contributed by atoms with Crippen LogP contribution in [0.15, 0.2) is 30.6 Å². The fourth-order valence-corrected chi connectivity index (χ4v) is 4.13. The Morgan fingerprint density at radius 3 is 2.65 bits per heavy atom. The van der Waals surface area contributed by atoms with Gasteiger partial charge in [-0.25, -0.2) is 9.97 Å². The summed E-state index contributed by atoms with van der Waals surface area (Å²) in [7, 11) is 1.54. The molecule has 0 spiro atoms. The SMILES string of the molecule is COc1nccnc1OC1CCC(NC(=O)COc2cccc3c2OC(C)(C)C3)CC1. The second-order valence-electron chi connectivity index (χ2n) is 8.60. The summed E-state index contributed by atoms with van der Waals surface area (Å²) >= 11 is 0. The van der Waals surface area contributed by atoms with Crippen LogP contribution in [0, 0.1) is 0 Å². The maximum absolute atomic E-state index is 12.4. The second-order valence-corrected chi connectivity index (χ2v) is 8.60. The first kappa shape index (κ1) is 21.2. The number of nitrogens with one attached hydrogen (secondary N) is 1. The van der Waals surface area contributed by atoms with Gasteiger partial charge in [-0.05, 0) is 45.6 Å². The third kappa shape index (κ3) is 5.18. The van der Waals surface area contributed by atoms with Gasteiger partial charge in [0.05, 0.1) is 7.11 Å². The number of benzene rings is 1. The number of methoxy groups -OCH3 is 1. The van der Waals surface area contributed by atoms with Gasteiger partial charge in [0, 0.05) is 30.4 Å². The lowest BCUT2D eigenvalue weighted by atomic mass is 9.93. The number of carbonyl (C=O) groups excluding carboxylic acids is 1. The number of hydrogen-bond donors (Lipinski definition) is 1. The molecule has 0 bridgehead atoms. The summed E-state index contributed by atoms with van der Waals surface area (Å²) in [6.45, 7) is 4.06. The molecule has 0 unspecified atom stereocenters. The van der Waals surface area contributed by atoms with E-state index in [0.29, 0.717) is 17.5 Å². The first-order valence-electron chi connectivity index (χ1n) is 10.7. The number of para-hydroxylation sites is 1. The molecule has 8 nitrogen and oxygen atoms in total. The summed E-state index contributed by atoms with van der Waals surface area (Å²) in [5, 5.41) is 3.07. The van der Waals surface area contributed by atoms with E-state index in [0.717, 1.165) is 43.4 Å². The number of carbonyl (C=O) groups is 1. The zero-order chi connectivity index (χ0) is 21.8. The molecule has 0 saturated heterocycles. The third-order valence-electron chi connectivity index (χ3n) is 5.56. The fourth-order valence-electron chi connectivity index (χ4n) is 4.13. The molecule has 1 N–H and O–H groups in total. The zero-order valence-electron chi connectivity index (χ0n) is 18.2. The van der Waals surface area contributed by atoms with E-state index in [-0.39, 0.29) is 30.3 Å². The standard InChI is InChI=1S/C23H29N3O5/c1-23(2)13-15-5-4-6-18(20(15)31-23)29-14-19(27)26-16-7-9-17(10-8-16)30-22-21(28-3)24-11-12-25-22/h4-6,11-12,16-17H,7-10,13-14H2,1-3H3,(H,26,27). The van der Waals surface area contributed by atoms with Crippen molar-refractivity contribution < 1.29 is 23.7 Å². The predicted octanol–water partition coefficient (Wildman–Crippen LogP) is 3.08. The van der Waals surface area contributed by atoms with Gasteiger partial charge in [0.1, 0.15) is 11.7 Å². The minimum atomic E-state index is -0.250. The quantitative estimate of drug-likeness (QED) is 0.726. The molecule has 0 atom stereocenters. The highest BCUT2D eigenvalue weighted by molar-refractivity contribution is 5.78. The van der Waals surface area contributed by atoms with Crippen LogP contribution in [-0.2, 0) is 11.2 Å². The largest absolute Gasteiger partial charge is 0.483 e. The Kier molecular flexibility index (Phi) is 6.15. The van der Waals surface area contributed by atoms with Crippen molar-refractivity contribution in [3.05, 3.63) is 36.2 Å². The zero-order valence-corrected chi connectivity index (χ0v) is 18.2. The van der Waals surface area contributed by atoms with Crippen LogP contribution in [0.4, 0.5) is 0 Å². The van der Waals surface area contributed by atoms with E-state index in [9.17, 15) is 4.79 Å². The summed E-state index contributed by atoms with van der Waals surface area (Å²) in [5.74, 6) is 2.03. The molecule has 1 aromatic heterocycles. The van der Waals surface area contributed by atoms with Gasteiger partial charge in [-0.3, -0.25) is 4.79 Å².